The van der Waals surface area contributed by atoms with Gasteiger partial charge in [0.15, 0.2) is 0 Å². The Morgan fingerprint density at radius 1 is 1.54 bits per heavy atom. The van der Waals surface area contributed by atoms with Crippen molar-refractivity contribution in [2.45, 2.75) is 38.0 Å². The molecule has 0 unspecified atom stereocenters. The minimum Gasteiger partial charge on any atom is -0.472 e. The van der Waals surface area contributed by atoms with Gasteiger partial charge in [0.05, 0.1) is 18.6 Å². The lowest BCUT2D eigenvalue weighted by Crippen LogP contribution is -2.26. The Balaban J connectivity index is 1.74. The van der Waals surface area contributed by atoms with Crippen LogP contribution in [0, 0.1) is 0 Å². The van der Waals surface area contributed by atoms with Crippen LogP contribution < -0.4 is 5.32 Å². The third-order valence-corrected chi connectivity index (χ3v) is 2.58. The van der Waals surface area contributed by atoms with E-state index in [2.05, 4.69) is 5.32 Å². The summed E-state index contributed by atoms with van der Waals surface area (Å²) in [6, 6.07) is 2.43. The quantitative estimate of drug-likeness (QED) is 0.738. The minimum absolute atomic E-state index is 0.0955. The lowest BCUT2D eigenvalue weighted by Gasteiger charge is -2.10. The molecule has 0 aliphatic heterocycles. The maximum atomic E-state index is 9.30. The Morgan fingerprint density at radius 3 is 3.08 bits per heavy atom. The van der Waals surface area contributed by atoms with Crippen LogP contribution in [0.5, 0.6) is 0 Å². The van der Waals surface area contributed by atoms with Crippen LogP contribution in [0.15, 0.2) is 23.0 Å². The molecule has 0 aromatic carbocycles. The van der Waals surface area contributed by atoms with Crippen LogP contribution in [0.3, 0.4) is 0 Å². The maximum Gasteiger partial charge on any atom is 0.0947 e. The Morgan fingerprint density at radius 2 is 2.46 bits per heavy atom. The zero-order valence-electron chi connectivity index (χ0n) is 7.57. The number of aliphatic hydroxyl groups is 1. The number of rotatable bonds is 3. The molecule has 1 saturated carbocycles. The molecule has 1 aliphatic rings. The normalized spacial score (nSPS) is 28.1. The fourth-order valence-corrected chi connectivity index (χ4v) is 1.80. The van der Waals surface area contributed by atoms with Gasteiger partial charge in [-0.2, -0.15) is 0 Å². The predicted octanol–water partition coefficient (Wildman–Crippen LogP) is 1.28. The molecule has 1 aliphatic carbocycles. The van der Waals surface area contributed by atoms with Crippen molar-refractivity contribution < 1.29 is 9.52 Å². The van der Waals surface area contributed by atoms with Gasteiger partial charge in [-0.05, 0) is 25.3 Å². The largest absolute Gasteiger partial charge is 0.472 e. The van der Waals surface area contributed by atoms with E-state index in [4.69, 9.17) is 4.42 Å². The molecule has 2 rings (SSSR count). The summed E-state index contributed by atoms with van der Waals surface area (Å²) in [6.45, 7) is 0.841. The molecular formula is C10H15NO2. The smallest absolute Gasteiger partial charge is 0.0947 e. The minimum atomic E-state index is -0.0955. The van der Waals surface area contributed by atoms with E-state index in [0.29, 0.717) is 6.04 Å². The first-order valence-electron chi connectivity index (χ1n) is 4.77. The number of nitrogens with one attached hydrogen (secondary N) is 1. The van der Waals surface area contributed by atoms with Gasteiger partial charge in [-0.25, -0.2) is 0 Å². The van der Waals surface area contributed by atoms with Crippen molar-refractivity contribution in [2.75, 3.05) is 0 Å². The van der Waals surface area contributed by atoms with E-state index in [1.165, 1.54) is 5.56 Å². The fourth-order valence-electron chi connectivity index (χ4n) is 1.80. The lowest BCUT2D eigenvalue weighted by molar-refractivity contribution is 0.179. The standard InChI is InChI=1S/C10H15NO2/c12-10-2-1-9(5-10)11-6-8-3-4-13-7-8/h3-4,7,9-12H,1-2,5-6H2/t9-,10+/m0/s1. The number of hydrogen-bond acceptors (Lipinski definition) is 3. The molecule has 72 valence electrons. The highest BCUT2D eigenvalue weighted by Crippen LogP contribution is 2.19. The Labute approximate surface area is 77.8 Å². The number of furan rings is 1. The van der Waals surface area contributed by atoms with Gasteiger partial charge >= 0.3 is 0 Å². The second-order valence-corrected chi connectivity index (χ2v) is 3.68. The molecule has 1 aromatic heterocycles. The summed E-state index contributed by atoms with van der Waals surface area (Å²) < 4.78 is 4.96. The summed E-state index contributed by atoms with van der Waals surface area (Å²) in [5.74, 6) is 0. The summed E-state index contributed by atoms with van der Waals surface area (Å²) in [5, 5.41) is 12.7. The van der Waals surface area contributed by atoms with Gasteiger partial charge in [-0.3, -0.25) is 0 Å². The van der Waals surface area contributed by atoms with Gasteiger partial charge in [-0.1, -0.05) is 0 Å². The fraction of sp³-hybridized carbons (Fsp3) is 0.600. The van der Waals surface area contributed by atoms with Gasteiger partial charge in [0.2, 0.25) is 0 Å². The van der Waals surface area contributed by atoms with Crippen molar-refractivity contribution in [1.82, 2.24) is 5.32 Å². The molecule has 0 saturated heterocycles. The highest BCUT2D eigenvalue weighted by atomic mass is 16.3. The molecule has 1 aromatic rings. The SMILES string of the molecule is O[C@@H]1CC[C@H](NCc2ccoc2)C1. The molecule has 2 N–H and O–H groups in total. The highest BCUT2D eigenvalue weighted by Gasteiger charge is 2.21. The zero-order chi connectivity index (χ0) is 9.10. The molecule has 0 radical (unpaired) electrons. The highest BCUT2D eigenvalue weighted by molar-refractivity contribution is 5.04. The molecule has 3 nitrogen and oxygen atoms in total. The van der Waals surface area contributed by atoms with E-state index in [1.54, 1.807) is 12.5 Å². The van der Waals surface area contributed by atoms with Crippen LogP contribution in [0.25, 0.3) is 0 Å². The van der Waals surface area contributed by atoms with E-state index in [0.717, 1.165) is 25.8 Å². The summed E-state index contributed by atoms with van der Waals surface area (Å²) in [6.07, 6.45) is 6.24. The molecule has 2 atom stereocenters. The van der Waals surface area contributed by atoms with Crippen molar-refractivity contribution in [3.63, 3.8) is 0 Å². The third-order valence-electron chi connectivity index (χ3n) is 2.58. The molecule has 13 heavy (non-hydrogen) atoms. The van der Waals surface area contributed by atoms with Crippen LogP contribution in [0.2, 0.25) is 0 Å². The van der Waals surface area contributed by atoms with Gasteiger partial charge < -0.3 is 14.8 Å². The first-order valence-corrected chi connectivity index (χ1v) is 4.77. The molecule has 1 fully saturated rings. The monoisotopic (exact) mass is 181 g/mol. The average Bonchev–Trinajstić information content (AvgIpc) is 2.71. The van der Waals surface area contributed by atoms with E-state index in [1.807, 2.05) is 6.07 Å². The Bertz CT molecular complexity index is 245. The van der Waals surface area contributed by atoms with Crippen molar-refractivity contribution >= 4 is 0 Å². The van der Waals surface area contributed by atoms with Crippen LogP contribution in [0.1, 0.15) is 24.8 Å². The summed E-state index contributed by atoms with van der Waals surface area (Å²) >= 11 is 0. The van der Waals surface area contributed by atoms with E-state index in [-0.39, 0.29) is 6.10 Å². The second kappa shape index (κ2) is 3.94. The molecular weight excluding hydrogens is 166 g/mol. The molecule has 0 bridgehead atoms. The Hall–Kier alpha value is -0.800. The number of hydrogen-bond donors (Lipinski definition) is 2. The summed E-state index contributed by atoms with van der Waals surface area (Å²) in [5.41, 5.74) is 1.17. The van der Waals surface area contributed by atoms with Gasteiger partial charge in [0, 0.05) is 18.2 Å². The maximum absolute atomic E-state index is 9.30. The first-order chi connectivity index (χ1) is 6.34. The third kappa shape index (κ3) is 2.32. The van der Waals surface area contributed by atoms with E-state index >= 15 is 0 Å². The molecule has 3 heteroatoms. The first kappa shape index (κ1) is 8.78. The van der Waals surface area contributed by atoms with E-state index < -0.39 is 0 Å². The van der Waals surface area contributed by atoms with Gasteiger partial charge in [-0.15, -0.1) is 0 Å². The molecule has 0 spiro atoms. The van der Waals surface area contributed by atoms with E-state index in [9.17, 15) is 5.11 Å². The van der Waals surface area contributed by atoms with Crippen molar-refractivity contribution in [3.05, 3.63) is 24.2 Å². The summed E-state index contributed by atoms with van der Waals surface area (Å²) in [7, 11) is 0. The van der Waals surface area contributed by atoms with Gasteiger partial charge in [0.25, 0.3) is 0 Å². The van der Waals surface area contributed by atoms with Crippen LogP contribution >= 0.6 is 0 Å². The van der Waals surface area contributed by atoms with Crippen LogP contribution in [-0.2, 0) is 6.54 Å². The average molecular weight is 181 g/mol. The van der Waals surface area contributed by atoms with Crippen LogP contribution in [0.4, 0.5) is 0 Å². The van der Waals surface area contributed by atoms with Crippen molar-refractivity contribution in [1.29, 1.82) is 0 Å². The Kier molecular flexibility index (Phi) is 2.66. The molecule has 0 amide bonds. The number of aliphatic hydroxyl groups excluding tert-OH is 1. The lowest BCUT2D eigenvalue weighted by atomic mass is 10.2. The van der Waals surface area contributed by atoms with Gasteiger partial charge in [0.1, 0.15) is 0 Å². The van der Waals surface area contributed by atoms with Crippen LogP contribution in [-0.4, -0.2) is 17.3 Å². The zero-order valence-corrected chi connectivity index (χ0v) is 7.57. The second-order valence-electron chi connectivity index (χ2n) is 3.68. The van der Waals surface area contributed by atoms with Crippen molar-refractivity contribution in [3.8, 4) is 0 Å². The predicted molar refractivity (Wildman–Crippen MR) is 49.2 cm³/mol. The molecule has 1 heterocycles. The topological polar surface area (TPSA) is 45.4 Å². The van der Waals surface area contributed by atoms with Crippen molar-refractivity contribution in [2.24, 2.45) is 0 Å². The summed E-state index contributed by atoms with van der Waals surface area (Å²) in [4.78, 5) is 0.